The molecule has 2 bridgehead atoms. The Morgan fingerprint density at radius 1 is 1.27 bits per heavy atom. The maximum Gasteiger partial charge on any atom is 0.237 e. The third-order valence-electron chi connectivity index (χ3n) is 5.03. The molecule has 6 heteroatoms. The molecule has 2 atom stereocenters. The molecule has 30 heavy (non-hydrogen) atoms. The van der Waals surface area contributed by atoms with E-state index in [1.54, 1.807) is 0 Å². The van der Waals surface area contributed by atoms with Gasteiger partial charge in [-0.3, -0.25) is 9.78 Å². The van der Waals surface area contributed by atoms with Crippen molar-refractivity contribution in [1.29, 1.82) is 0 Å². The van der Waals surface area contributed by atoms with Crippen LogP contribution in [0.4, 0.5) is 0 Å². The number of rotatable bonds is 3. The predicted octanol–water partition coefficient (Wildman–Crippen LogP) is 4.52. The van der Waals surface area contributed by atoms with E-state index in [4.69, 9.17) is 4.74 Å². The van der Waals surface area contributed by atoms with E-state index in [1.807, 2.05) is 49.3 Å². The number of carbonyl (C=O) groups excluding carboxylic acids is 1. The maximum absolute atomic E-state index is 12.9. The third-order valence-corrected chi connectivity index (χ3v) is 6.08. The average Bonchev–Trinajstić information content (AvgIpc) is 2.73. The Morgan fingerprint density at radius 3 is 2.93 bits per heavy atom. The van der Waals surface area contributed by atoms with Crippen LogP contribution in [0.2, 0.25) is 0 Å². The van der Waals surface area contributed by atoms with Gasteiger partial charge in [0.15, 0.2) is 0 Å². The number of aromatic nitrogens is 1. The van der Waals surface area contributed by atoms with Crippen LogP contribution in [0, 0.1) is 5.92 Å². The van der Waals surface area contributed by atoms with Crippen LogP contribution in [0.1, 0.15) is 40.0 Å². The molecule has 1 aliphatic heterocycles. The molecule has 162 valence electrons. The van der Waals surface area contributed by atoms with Crippen molar-refractivity contribution >= 4 is 17.7 Å². The van der Waals surface area contributed by atoms with Gasteiger partial charge >= 0.3 is 0 Å². The van der Waals surface area contributed by atoms with Crippen LogP contribution in [0.3, 0.4) is 0 Å². The van der Waals surface area contributed by atoms with Gasteiger partial charge < -0.3 is 15.4 Å². The number of hydrogen-bond donors (Lipinski definition) is 2. The average molecular weight is 428 g/mol. The fraction of sp³-hybridized carbons (Fsp3) is 0.500. The minimum absolute atomic E-state index is 0.0641. The Hall–Kier alpha value is -2.05. The van der Waals surface area contributed by atoms with Gasteiger partial charge in [-0.2, -0.15) is 0 Å². The third kappa shape index (κ3) is 6.74. The topological polar surface area (TPSA) is 63.3 Å². The highest BCUT2D eigenvalue weighted by molar-refractivity contribution is 7.99. The van der Waals surface area contributed by atoms with E-state index in [-0.39, 0.29) is 18.0 Å². The van der Waals surface area contributed by atoms with Crippen molar-refractivity contribution in [2.24, 2.45) is 5.92 Å². The van der Waals surface area contributed by atoms with E-state index < -0.39 is 0 Å². The molecule has 3 rings (SSSR count). The van der Waals surface area contributed by atoms with Crippen LogP contribution in [0.5, 0.6) is 5.75 Å². The minimum Gasteiger partial charge on any atom is -0.491 e. The van der Waals surface area contributed by atoms with E-state index in [0.29, 0.717) is 12.5 Å². The molecule has 0 unspecified atom stereocenters. The molecular formula is C24H33N3O2S. The number of hydrogen-bond acceptors (Lipinski definition) is 5. The molecule has 0 radical (unpaired) electrons. The fourth-order valence-corrected chi connectivity index (χ4v) is 4.35. The van der Waals surface area contributed by atoms with Gasteiger partial charge in [-0.25, -0.2) is 0 Å². The zero-order chi connectivity index (χ0) is 21.3. The van der Waals surface area contributed by atoms with Gasteiger partial charge in [0.2, 0.25) is 5.91 Å². The van der Waals surface area contributed by atoms with E-state index in [2.05, 4.69) is 41.6 Å². The first-order valence-electron chi connectivity index (χ1n) is 10.9. The number of nitrogens with one attached hydrogen (secondary N) is 2. The van der Waals surface area contributed by atoms with Gasteiger partial charge in [0.05, 0.1) is 12.1 Å². The van der Waals surface area contributed by atoms with Crippen molar-refractivity contribution in [3.05, 3.63) is 42.7 Å². The Kier molecular flexibility index (Phi) is 8.58. The largest absolute Gasteiger partial charge is 0.491 e. The first-order valence-corrected chi connectivity index (χ1v) is 11.9. The minimum atomic E-state index is -0.162. The lowest BCUT2D eigenvalue weighted by Crippen LogP contribution is -2.49. The highest BCUT2D eigenvalue weighted by Crippen LogP contribution is 2.32. The highest BCUT2D eigenvalue weighted by atomic mass is 32.2. The van der Waals surface area contributed by atoms with Crippen molar-refractivity contribution in [3.63, 3.8) is 0 Å². The van der Waals surface area contributed by atoms with Gasteiger partial charge in [-0.1, -0.05) is 38.5 Å². The number of thioether (sulfide) groups is 1. The maximum atomic E-state index is 12.9. The summed E-state index contributed by atoms with van der Waals surface area (Å²) in [6, 6.07) is 9.95. The van der Waals surface area contributed by atoms with Crippen LogP contribution >= 0.6 is 11.8 Å². The molecule has 0 fully saturated rings. The van der Waals surface area contributed by atoms with Gasteiger partial charge in [-0.05, 0) is 50.1 Å². The zero-order valence-electron chi connectivity index (χ0n) is 18.2. The van der Waals surface area contributed by atoms with Crippen LogP contribution in [0.25, 0.3) is 11.1 Å². The van der Waals surface area contributed by atoms with Crippen LogP contribution in [0.15, 0.2) is 47.6 Å². The molecule has 1 aromatic heterocycles. The number of carbonyl (C=O) groups is 1. The van der Waals surface area contributed by atoms with Crippen molar-refractivity contribution < 1.29 is 9.53 Å². The Balaban J connectivity index is 1.79. The standard InChI is InChI=1S/C24H33N3O2S/c1-17(2)13-26-22-9-6-7-11-30-20-12-19(14-25-15-20)21-8-4-5-10-23(21)29-16-18(3)27-24(22)28/h4-5,8,10,12,14-15,17-18,22,26H,6-7,9,11,13,16H2,1-3H3,(H,27,28)/t18-,22+/m1/s1. The molecule has 0 aliphatic carbocycles. The summed E-state index contributed by atoms with van der Waals surface area (Å²) in [5.41, 5.74) is 2.08. The van der Waals surface area contributed by atoms with Crippen LogP contribution in [-0.2, 0) is 4.79 Å². The number of fused-ring (bicyclic) bond motifs is 4. The molecule has 5 nitrogen and oxygen atoms in total. The summed E-state index contributed by atoms with van der Waals surface area (Å²) in [4.78, 5) is 18.5. The Labute approximate surface area is 184 Å². The second-order valence-electron chi connectivity index (χ2n) is 8.33. The van der Waals surface area contributed by atoms with Gasteiger partial charge in [-0.15, -0.1) is 11.8 Å². The van der Waals surface area contributed by atoms with Crippen molar-refractivity contribution in [2.45, 2.75) is 57.0 Å². The lowest BCUT2D eigenvalue weighted by Gasteiger charge is -2.23. The fourth-order valence-electron chi connectivity index (χ4n) is 3.42. The van der Waals surface area contributed by atoms with Crippen molar-refractivity contribution in [1.82, 2.24) is 15.6 Å². The summed E-state index contributed by atoms with van der Waals surface area (Å²) < 4.78 is 6.11. The smallest absolute Gasteiger partial charge is 0.237 e. The Bertz CT molecular complexity index is 828. The highest BCUT2D eigenvalue weighted by Gasteiger charge is 2.20. The molecular weight excluding hydrogens is 394 g/mol. The molecule has 1 aromatic carbocycles. The summed E-state index contributed by atoms with van der Waals surface area (Å²) in [7, 11) is 0. The summed E-state index contributed by atoms with van der Waals surface area (Å²) in [6.45, 7) is 7.56. The van der Waals surface area contributed by atoms with Gasteiger partial charge in [0.25, 0.3) is 0 Å². The number of pyridine rings is 1. The summed E-state index contributed by atoms with van der Waals surface area (Å²) in [5, 5.41) is 6.57. The van der Waals surface area contributed by atoms with Gasteiger partial charge in [0.1, 0.15) is 12.4 Å². The van der Waals surface area contributed by atoms with E-state index in [9.17, 15) is 4.79 Å². The van der Waals surface area contributed by atoms with E-state index in [1.165, 1.54) is 0 Å². The SMILES string of the molecule is CC(C)CN[C@H]1CCCCSc2cncc(c2)-c2ccccc2OC[C@@H](C)NC1=O. The number of nitrogens with zero attached hydrogens (tertiary/aromatic N) is 1. The number of amides is 1. The number of para-hydroxylation sites is 1. The summed E-state index contributed by atoms with van der Waals surface area (Å²) in [5.74, 6) is 2.39. The lowest BCUT2D eigenvalue weighted by atomic mass is 10.1. The second-order valence-corrected chi connectivity index (χ2v) is 9.49. The molecule has 0 saturated heterocycles. The monoisotopic (exact) mass is 427 g/mol. The van der Waals surface area contributed by atoms with Crippen molar-refractivity contribution in [2.75, 3.05) is 18.9 Å². The van der Waals surface area contributed by atoms with Crippen molar-refractivity contribution in [3.8, 4) is 16.9 Å². The number of benzene rings is 1. The Morgan fingerprint density at radius 2 is 2.10 bits per heavy atom. The first-order chi connectivity index (χ1) is 14.5. The molecule has 0 spiro atoms. The molecule has 2 aromatic rings. The van der Waals surface area contributed by atoms with Crippen LogP contribution < -0.4 is 15.4 Å². The molecule has 2 heterocycles. The first kappa shape index (κ1) is 22.6. The molecule has 2 N–H and O–H groups in total. The zero-order valence-corrected chi connectivity index (χ0v) is 19.0. The second kappa shape index (κ2) is 11.4. The summed E-state index contributed by atoms with van der Waals surface area (Å²) in [6.07, 6.45) is 6.72. The van der Waals surface area contributed by atoms with E-state index >= 15 is 0 Å². The quantitative estimate of drug-likeness (QED) is 0.754. The van der Waals surface area contributed by atoms with Gasteiger partial charge in [0, 0.05) is 28.4 Å². The molecule has 0 saturated carbocycles. The summed E-state index contributed by atoms with van der Waals surface area (Å²) >= 11 is 1.82. The number of ether oxygens (including phenoxy) is 1. The lowest BCUT2D eigenvalue weighted by molar-refractivity contribution is -0.124. The molecule has 1 aliphatic rings. The molecule has 1 amide bonds. The normalized spacial score (nSPS) is 20.9. The van der Waals surface area contributed by atoms with E-state index in [0.717, 1.165) is 53.3 Å². The predicted molar refractivity (Wildman–Crippen MR) is 124 cm³/mol. The van der Waals surface area contributed by atoms with Crippen LogP contribution in [-0.4, -0.2) is 41.9 Å².